The van der Waals surface area contributed by atoms with Crippen LogP contribution in [0.5, 0.6) is 0 Å². The van der Waals surface area contributed by atoms with E-state index in [1.165, 1.54) is 0 Å². The summed E-state index contributed by atoms with van der Waals surface area (Å²) >= 11 is 0. The van der Waals surface area contributed by atoms with Crippen LogP contribution in [0.3, 0.4) is 0 Å². The van der Waals surface area contributed by atoms with E-state index in [2.05, 4.69) is 0 Å². The minimum Gasteiger partial charge on any atom is -0.748 e. The molecule has 0 aliphatic carbocycles. The molecule has 0 rings (SSSR count). The Kier molecular flexibility index (Phi) is 7.33. The molecule has 0 amide bonds. The van der Waals surface area contributed by atoms with Gasteiger partial charge in [0, 0.05) is 0 Å². The summed E-state index contributed by atoms with van der Waals surface area (Å²) in [5.41, 5.74) is 0. The van der Waals surface area contributed by atoms with Crippen LogP contribution in [0.1, 0.15) is 0 Å². The Balaban J connectivity index is 0. The third-order valence-corrected chi connectivity index (χ3v) is 0.990. The molecule has 0 aromatic rings. The van der Waals surface area contributed by atoms with E-state index in [-0.39, 0.29) is 35.9 Å². The van der Waals surface area contributed by atoms with Crippen LogP contribution in [0.2, 0.25) is 0 Å². The second-order valence-electron chi connectivity index (χ2n) is 1.09. The van der Waals surface area contributed by atoms with Crippen molar-refractivity contribution in [3.05, 3.63) is 12.4 Å². The topological polar surface area (TPSA) is 57.2 Å². The number of rotatable bonds is 2. The summed E-state index contributed by atoms with van der Waals surface area (Å²) < 4.78 is 39.8. The van der Waals surface area contributed by atoms with Crippen molar-refractivity contribution in [2.24, 2.45) is 0 Å². The molecule has 0 N–H and O–H groups in total. The number of halogens is 1. The van der Waals surface area contributed by atoms with Gasteiger partial charge in [0.05, 0.1) is 22.2 Å². The molecule has 0 spiro atoms. The average Bonchev–Trinajstić information content (AvgIpc) is 1.59. The van der Waals surface area contributed by atoms with Gasteiger partial charge >= 0.3 is 29.6 Å². The van der Waals surface area contributed by atoms with Crippen LogP contribution in [0.4, 0.5) is 4.39 Å². The normalized spacial score (nSPS) is 11.3. The maximum absolute atomic E-state index is 10.9. The third kappa shape index (κ3) is 11.9. The summed E-state index contributed by atoms with van der Waals surface area (Å²) in [5, 5.41) is 0. The molecule has 0 bridgehead atoms. The first kappa shape index (κ1) is 12.3. The summed E-state index contributed by atoms with van der Waals surface area (Å²) in [5.74, 6) is -0.774. The van der Waals surface area contributed by atoms with Crippen molar-refractivity contribution in [1.29, 1.82) is 0 Å². The van der Waals surface area contributed by atoms with Crippen LogP contribution in [0.15, 0.2) is 12.4 Å². The maximum atomic E-state index is 10.9. The second-order valence-corrected chi connectivity index (χ2v) is 2.53. The van der Waals surface area contributed by atoms with Gasteiger partial charge in [-0.25, -0.2) is 12.8 Å². The quantitative estimate of drug-likeness (QED) is 0.321. The van der Waals surface area contributed by atoms with Gasteiger partial charge in [-0.3, -0.25) is 0 Å². The molecular weight excluding hydrogens is 158 g/mol. The predicted octanol–water partition coefficient (Wildman–Crippen LogP) is -2.98. The van der Waals surface area contributed by atoms with Crippen molar-refractivity contribution in [3.8, 4) is 0 Å². The molecule has 48 valence electrons. The van der Waals surface area contributed by atoms with Gasteiger partial charge in [0.2, 0.25) is 0 Å². The van der Waals surface area contributed by atoms with Crippen molar-refractivity contribution in [3.63, 3.8) is 0 Å². The first-order valence-electron chi connectivity index (χ1n) is 1.75. The van der Waals surface area contributed by atoms with Crippen LogP contribution in [0, 0.1) is 0 Å². The maximum Gasteiger partial charge on any atom is 1.00 e. The van der Waals surface area contributed by atoms with Gasteiger partial charge in [0.25, 0.3) is 0 Å². The molecule has 0 radical (unpaired) electrons. The Bertz CT molecular complexity index is 173. The molecule has 0 aromatic heterocycles. The van der Waals surface area contributed by atoms with Crippen LogP contribution in [-0.2, 0) is 10.1 Å². The van der Waals surface area contributed by atoms with Crippen molar-refractivity contribution in [1.82, 2.24) is 0 Å². The molecule has 0 saturated carbocycles. The molecule has 0 aliphatic rings. The Morgan fingerprint density at radius 2 is 2.00 bits per heavy atom. The molecular formula is C3H4FNaO3S. The fraction of sp³-hybridized carbons (Fsp3) is 0.333. The van der Waals surface area contributed by atoms with Crippen molar-refractivity contribution < 1.29 is 46.9 Å². The average molecular weight is 162 g/mol. The molecule has 6 heteroatoms. The Morgan fingerprint density at radius 3 is 2.11 bits per heavy atom. The summed E-state index contributed by atoms with van der Waals surface area (Å²) in [4.78, 5) is 0. The minimum atomic E-state index is -4.26. The largest absolute Gasteiger partial charge is 1.00 e. The van der Waals surface area contributed by atoms with E-state index < -0.39 is 15.9 Å². The first-order valence-corrected chi connectivity index (χ1v) is 3.33. The smallest absolute Gasteiger partial charge is 0.748 e. The summed E-state index contributed by atoms with van der Waals surface area (Å²) in [6.45, 7) is 0. The van der Waals surface area contributed by atoms with Gasteiger partial charge in [-0.2, -0.15) is 0 Å². The fourth-order valence-electron chi connectivity index (χ4n) is 0.154. The molecule has 0 aromatic carbocycles. The SMILES string of the molecule is O=S(=O)([O-])CC=CF.[Na+]. The van der Waals surface area contributed by atoms with E-state index >= 15 is 0 Å². The van der Waals surface area contributed by atoms with E-state index in [4.69, 9.17) is 0 Å². The molecule has 0 unspecified atom stereocenters. The van der Waals surface area contributed by atoms with Gasteiger partial charge < -0.3 is 4.55 Å². The number of hydrogen-bond acceptors (Lipinski definition) is 3. The Hall–Kier alpha value is 0.580. The zero-order valence-corrected chi connectivity index (χ0v) is 7.69. The predicted molar refractivity (Wildman–Crippen MR) is 24.8 cm³/mol. The molecule has 0 heterocycles. The van der Waals surface area contributed by atoms with E-state index in [0.29, 0.717) is 6.08 Å². The van der Waals surface area contributed by atoms with Crippen molar-refractivity contribution >= 4 is 10.1 Å². The fourth-order valence-corrected chi connectivity index (χ4v) is 0.463. The van der Waals surface area contributed by atoms with Crippen LogP contribution in [0.25, 0.3) is 0 Å². The van der Waals surface area contributed by atoms with Gasteiger partial charge in [-0.1, -0.05) is 0 Å². The summed E-state index contributed by atoms with van der Waals surface area (Å²) in [7, 11) is -4.26. The Labute approximate surface area is 75.0 Å². The van der Waals surface area contributed by atoms with Crippen molar-refractivity contribution in [2.75, 3.05) is 5.75 Å². The zero-order chi connectivity index (χ0) is 6.62. The molecule has 0 aliphatic heterocycles. The molecule has 0 fully saturated rings. The summed E-state index contributed by atoms with van der Waals surface area (Å²) in [6, 6.07) is 0. The van der Waals surface area contributed by atoms with Gasteiger partial charge in [-0.15, -0.1) is 0 Å². The van der Waals surface area contributed by atoms with Gasteiger partial charge in [0.15, 0.2) is 0 Å². The molecule has 0 atom stereocenters. The first-order chi connectivity index (χ1) is 3.56. The Morgan fingerprint density at radius 1 is 1.56 bits per heavy atom. The standard InChI is InChI=1S/C3H5FO3S.Na/c4-2-1-3-8(5,6)7;/h1-2H,3H2,(H,5,6,7);/q;+1/p-1. The molecule has 0 saturated heterocycles. The van der Waals surface area contributed by atoms with Crippen molar-refractivity contribution in [2.45, 2.75) is 0 Å². The van der Waals surface area contributed by atoms with Crippen LogP contribution >= 0.6 is 0 Å². The molecule has 9 heavy (non-hydrogen) atoms. The molecule has 3 nitrogen and oxygen atoms in total. The number of hydrogen-bond donors (Lipinski definition) is 0. The minimum absolute atomic E-state index is 0. The van der Waals surface area contributed by atoms with Crippen LogP contribution < -0.4 is 29.6 Å². The summed E-state index contributed by atoms with van der Waals surface area (Å²) in [6.07, 6.45) is 0.664. The van der Waals surface area contributed by atoms with Crippen LogP contribution in [-0.4, -0.2) is 18.7 Å². The van der Waals surface area contributed by atoms with E-state index in [1.807, 2.05) is 0 Å². The van der Waals surface area contributed by atoms with E-state index in [1.54, 1.807) is 0 Å². The van der Waals surface area contributed by atoms with E-state index in [9.17, 15) is 17.4 Å². The third-order valence-electron chi connectivity index (χ3n) is 0.389. The van der Waals surface area contributed by atoms with Gasteiger partial charge in [0.1, 0.15) is 0 Å². The van der Waals surface area contributed by atoms with E-state index in [0.717, 1.165) is 0 Å². The van der Waals surface area contributed by atoms with Gasteiger partial charge in [-0.05, 0) is 6.08 Å². The second kappa shape index (κ2) is 5.37. The monoisotopic (exact) mass is 162 g/mol. The zero-order valence-electron chi connectivity index (χ0n) is 4.87.